The van der Waals surface area contributed by atoms with E-state index in [0.717, 1.165) is 5.56 Å². The molecule has 3 heterocycles. The van der Waals surface area contributed by atoms with Gasteiger partial charge in [0.15, 0.2) is 5.82 Å². The standard InChI is InChI=1S/C26H24ClFN5OP/c1-5-20(17-8-6-7-16(11-17)13-29)32-26-23(27)15(2)31-21-12-19(28)24(33-25(21)26)18-9-10-22(30-14-18)35(3,4)34/h6-12,14,20H,5H2,1-4H3,(H,31,32)/t20-/m1/s1. The lowest BCUT2D eigenvalue weighted by atomic mass is 10.0. The zero-order valence-corrected chi connectivity index (χ0v) is 21.5. The minimum Gasteiger partial charge on any atom is -0.375 e. The van der Waals surface area contributed by atoms with Crippen molar-refractivity contribution in [1.82, 2.24) is 15.0 Å². The highest BCUT2D eigenvalue weighted by Crippen LogP contribution is 2.37. The lowest BCUT2D eigenvalue weighted by Crippen LogP contribution is -2.12. The highest BCUT2D eigenvalue weighted by Gasteiger charge is 2.21. The van der Waals surface area contributed by atoms with E-state index in [1.165, 1.54) is 12.3 Å². The van der Waals surface area contributed by atoms with E-state index in [1.54, 1.807) is 38.5 Å². The number of aromatic nitrogens is 3. The number of nitrogens with zero attached hydrogens (tertiary/aromatic N) is 4. The predicted octanol–water partition coefficient (Wildman–Crippen LogP) is 6.48. The first-order valence-corrected chi connectivity index (χ1v) is 14.0. The molecule has 0 saturated carbocycles. The van der Waals surface area contributed by atoms with Crippen LogP contribution in [-0.4, -0.2) is 28.3 Å². The van der Waals surface area contributed by atoms with Crippen molar-refractivity contribution in [3.05, 3.63) is 76.3 Å². The molecule has 178 valence electrons. The van der Waals surface area contributed by atoms with Crippen LogP contribution in [0, 0.1) is 24.1 Å². The van der Waals surface area contributed by atoms with Crippen LogP contribution in [0.4, 0.5) is 10.1 Å². The van der Waals surface area contributed by atoms with Gasteiger partial charge in [-0.3, -0.25) is 4.98 Å². The molecule has 9 heteroatoms. The largest absolute Gasteiger partial charge is 0.375 e. The van der Waals surface area contributed by atoms with Crippen molar-refractivity contribution < 1.29 is 8.96 Å². The Morgan fingerprint density at radius 2 is 1.97 bits per heavy atom. The average Bonchev–Trinajstić information content (AvgIpc) is 2.84. The van der Waals surface area contributed by atoms with Gasteiger partial charge in [0, 0.05) is 17.8 Å². The predicted molar refractivity (Wildman–Crippen MR) is 139 cm³/mol. The number of nitrogens with one attached hydrogen (secondary N) is 1. The van der Waals surface area contributed by atoms with Gasteiger partial charge < -0.3 is 9.88 Å². The number of hydrogen-bond donors (Lipinski definition) is 1. The van der Waals surface area contributed by atoms with Gasteiger partial charge in [-0.05, 0) is 56.5 Å². The second kappa shape index (κ2) is 9.73. The number of benzene rings is 1. The molecule has 0 bridgehead atoms. The van der Waals surface area contributed by atoms with Crippen molar-refractivity contribution >= 4 is 40.9 Å². The number of rotatable bonds is 6. The molecule has 0 spiro atoms. The Labute approximate surface area is 208 Å². The molecule has 1 N–H and O–H groups in total. The molecule has 0 aliphatic carbocycles. The van der Waals surface area contributed by atoms with Crippen molar-refractivity contribution in [2.75, 3.05) is 18.6 Å². The maximum atomic E-state index is 15.1. The summed E-state index contributed by atoms with van der Waals surface area (Å²) in [6.45, 7) is 7.04. The SMILES string of the molecule is CC[C@@H](Nc1c(Cl)c(C)nc2cc(F)c(-c3ccc(P(C)(C)=O)nc3)nc12)c1cccc(C#N)c1. The van der Waals surface area contributed by atoms with Gasteiger partial charge >= 0.3 is 0 Å². The van der Waals surface area contributed by atoms with Crippen molar-refractivity contribution in [3.8, 4) is 17.3 Å². The minimum atomic E-state index is -2.54. The van der Waals surface area contributed by atoms with E-state index in [9.17, 15) is 9.83 Å². The molecule has 0 aliphatic rings. The molecule has 0 saturated heterocycles. The zero-order valence-electron chi connectivity index (χ0n) is 19.8. The molecule has 4 aromatic rings. The Bertz CT molecular complexity index is 1510. The maximum absolute atomic E-state index is 15.1. The summed E-state index contributed by atoms with van der Waals surface area (Å²) < 4.78 is 27.4. The quantitative estimate of drug-likeness (QED) is 0.300. The van der Waals surface area contributed by atoms with Gasteiger partial charge in [-0.25, -0.2) is 14.4 Å². The van der Waals surface area contributed by atoms with Gasteiger partial charge in [-0.1, -0.05) is 30.7 Å². The topological polar surface area (TPSA) is 91.6 Å². The van der Waals surface area contributed by atoms with Crippen LogP contribution in [0.5, 0.6) is 0 Å². The third-order valence-electron chi connectivity index (χ3n) is 5.74. The summed E-state index contributed by atoms with van der Waals surface area (Å²) in [4.78, 5) is 13.3. The fraction of sp³-hybridized carbons (Fsp3) is 0.231. The first-order valence-electron chi connectivity index (χ1n) is 11.1. The van der Waals surface area contributed by atoms with Crippen LogP contribution in [-0.2, 0) is 4.57 Å². The Morgan fingerprint density at radius 1 is 1.20 bits per heavy atom. The molecule has 6 nitrogen and oxygen atoms in total. The lowest BCUT2D eigenvalue weighted by molar-refractivity contribution is 0.588. The van der Waals surface area contributed by atoms with Crippen molar-refractivity contribution in [2.24, 2.45) is 0 Å². The number of pyridine rings is 3. The molecular formula is C26H24ClFN5OP. The van der Waals surface area contributed by atoms with E-state index in [2.05, 4.69) is 26.3 Å². The lowest BCUT2D eigenvalue weighted by Gasteiger charge is -2.22. The summed E-state index contributed by atoms with van der Waals surface area (Å²) in [6, 6.07) is 14.0. The number of aryl methyl sites for hydroxylation is 1. The summed E-state index contributed by atoms with van der Waals surface area (Å²) in [6.07, 6.45) is 2.19. The average molecular weight is 508 g/mol. The molecular weight excluding hydrogens is 484 g/mol. The smallest absolute Gasteiger partial charge is 0.151 e. The first-order chi connectivity index (χ1) is 16.6. The highest BCUT2D eigenvalue weighted by atomic mass is 35.5. The highest BCUT2D eigenvalue weighted by molar-refractivity contribution is 7.69. The van der Waals surface area contributed by atoms with Crippen LogP contribution in [0.25, 0.3) is 22.3 Å². The minimum absolute atomic E-state index is 0.0999. The molecule has 4 rings (SSSR count). The van der Waals surface area contributed by atoms with Gasteiger partial charge in [-0.2, -0.15) is 5.26 Å². The van der Waals surface area contributed by atoms with Gasteiger partial charge in [0.1, 0.15) is 18.4 Å². The second-order valence-corrected chi connectivity index (χ2v) is 12.2. The van der Waals surface area contributed by atoms with Gasteiger partial charge in [0.25, 0.3) is 0 Å². The van der Waals surface area contributed by atoms with E-state index >= 15 is 4.39 Å². The van der Waals surface area contributed by atoms with Crippen molar-refractivity contribution in [1.29, 1.82) is 5.26 Å². The molecule has 0 radical (unpaired) electrons. The first kappa shape index (κ1) is 24.8. The molecule has 3 aromatic heterocycles. The number of anilines is 1. The van der Waals surface area contributed by atoms with Crippen LogP contribution in [0.3, 0.4) is 0 Å². The van der Waals surface area contributed by atoms with E-state index in [4.69, 9.17) is 11.6 Å². The third kappa shape index (κ3) is 5.05. The monoisotopic (exact) mass is 507 g/mol. The Hall–Kier alpha value is -3.33. The third-order valence-corrected chi connectivity index (χ3v) is 7.57. The van der Waals surface area contributed by atoms with Gasteiger partial charge in [0.2, 0.25) is 0 Å². The normalized spacial score (nSPS) is 12.4. The molecule has 0 fully saturated rings. The summed E-state index contributed by atoms with van der Waals surface area (Å²) in [5, 5.41) is 13.1. The van der Waals surface area contributed by atoms with E-state index in [0.29, 0.717) is 50.4 Å². The number of hydrogen-bond acceptors (Lipinski definition) is 6. The number of nitriles is 1. The fourth-order valence-electron chi connectivity index (χ4n) is 3.86. The number of fused-ring (bicyclic) bond motifs is 1. The summed E-state index contributed by atoms with van der Waals surface area (Å²) in [5.74, 6) is -0.544. The van der Waals surface area contributed by atoms with Crippen LogP contribution >= 0.6 is 18.7 Å². The number of halogens is 2. The Morgan fingerprint density at radius 3 is 2.60 bits per heavy atom. The molecule has 35 heavy (non-hydrogen) atoms. The van der Waals surface area contributed by atoms with Crippen molar-refractivity contribution in [2.45, 2.75) is 26.3 Å². The summed E-state index contributed by atoms with van der Waals surface area (Å²) in [5.41, 5.74) is 4.39. The Kier molecular flexibility index (Phi) is 6.89. The molecule has 0 unspecified atom stereocenters. The van der Waals surface area contributed by atoms with E-state index < -0.39 is 13.0 Å². The van der Waals surface area contributed by atoms with Gasteiger partial charge in [-0.15, -0.1) is 0 Å². The molecule has 0 amide bonds. The van der Waals surface area contributed by atoms with E-state index in [1.807, 2.05) is 25.1 Å². The maximum Gasteiger partial charge on any atom is 0.151 e. The van der Waals surface area contributed by atoms with Gasteiger partial charge in [0.05, 0.1) is 45.0 Å². The van der Waals surface area contributed by atoms with Crippen LogP contribution < -0.4 is 10.8 Å². The van der Waals surface area contributed by atoms with E-state index in [-0.39, 0.29) is 11.7 Å². The second-order valence-electron chi connectivity index (χ2n) is 8.67. The summed E-state index contributed by atoms with van der Waals surface area (Å²) in [7, 11) is -2.54. The molecule has 1 atom stereocenters. The zero-order chi connectivity index (χ0) is 25.3. The summed E-state index contributed by atoms with van der Waals surface area (Å²) >= 11 is 6.67. The Balaban J connectivity index is 1.84. The van der Waals surface area contributed by atoms with Crippen LogP contribution in [0.1, 0.15) is 36.2 Å². The fourth-order valence-corrected chi connectivity index (χ4v) is 4.82. The molecule has 0 aliphatic heterocycles. The van der Waals surface area contributed by atoms with Crippen molar-refractivity contribution in [3.63, 3.8) is 0 Å². The van der Waals surface area contributed by atoms with Crippen LogP contribution in [0.15, 0.2) is 48.7 Å². The molecule has 1 aromatic carbocycles. The van der Waals surface area contributed by atoms with Crippen LogP contribution in [0.2, 0.25) is 5.02 Å².